The second-order valence-corrected chi connectivity index (χ2v) is 6.56. The van der Waals surface area contributed by atoms with Gasteiger partial charge >= 0.3 is 0 Å². The monoisotopic (exact) mass is 263 g/mol. The average Bonchev–Trinajstić information content (AvgIpc) is 2.27. The van der Waals surface area contributed by atoms with Gasteiger partial charge in [0, 0.05) is 11.4 Å². The summed E-state index contributed by atoms with van der Waals surface area (Å²) in [5, 5.41) is 9.81. The molecule has 0 aromatic heterocycles. The highest BCUT2D eigenvalue weighted by atomic mass is 35.5. The zero-order valence-corrected chi connectivity index (χ0v) is 10.4. The second-order valence-electron chi connectivity index (χ2n) is 3.42. The van der Waals surface area contributed by atoms with Crippen LogP contribution in [0.2, 0.25) is 0 Å². The highest BCUT2D eigenvalue weighted by Crippen LogP contribution is 2.26. The summed E-state index contributed by atoms with van der Waals surface area (Å²) in [7, 11) is -3.48. The van der Waals surface area contributed by atoms with Crippen molar-refractivity contribution in [2.75, 3.05) is 11.5 Å². The molecule has 0 heterocycles. The molecule has 0 unspecified atom stereocenters. The minimum Gasteiger partial charge on any atom is -0.399 e. The Labute approximate surface area is 100.0 Å². The topological polar surface area (TPSA) is 80.4 Å². The van der Waals surface area contributed by atoms with Gasteiger partial charge in [-0.1, -0.05) is 19.1 Å². The number of nitrogen functional groups attached to an aromatic ring is 1. The van der Waals surface area contributed by atoms with Crippen molar-refractivity contribution < 1.29 is 13.5 Å². The largest absolute Gasteiger partial charge is 0.399 e. The number of nitrogens with two attached hydrogens (primary N) is 1. The van der Waals surface area contributed by atoms with Gasteiger partial charge in [0.25, 0.3) is 0 Å². The molecule has 2 atom stereocenters. The Bertz CT molecular complexity index is 461. The van der Waals surface area contributed by atoms with Crippen molar-refractivity contribution in [3.63, 3.8) is 0 Å². The fraction of sp³-hybridized carbons (Fsp3) is 0.400. The number of rotatable bonds is 4. The number of aliphatic hydroxyl groups excluding tert-OH is 1. The maximum atomic E-state index is 11.5. The molecule has 0 radical (unpaired) electrons. The summed E-state index contributed by atoms with van der Waals surface area (Å²) in [5.41, 5.74) is 6.39. The molecule has 1 rings (SSSR count). The third-order valence-electron chi connectivity index (χ3n) is 2.25. The van der Waals surface area contributed by atoms with E-state index in [4.69, 9.17) is 17.3 Å². The van der Waals surface area contributed by atoms with Gasteiger partial charge in [-0.2, -0.15) is 0 Å². The number of aliphatic hydroxyl groups is 1. The standard InChI is InChI=1S/C10H14ClNO3S/c1-2-16(14,15)10(11)9(13)7-4-3-5-8(12)6-7/h3-6,9-10,13H,2,12H2,1H3/t9-,10-/m0/s1. The first-order chi connectivity index (χ1) is 7.38. The Kier molecular flexibility index (Phi) is 4.18. The van der Waals surface area contributed by atoms with Gasteiger partial charge in [0.2, 0.25) is 0 Å². The number of halogens is 1. The van der Waals surface area contributed by atoms with Gasteiger partial charge in [-0.3, -0.25) is 0 Å². The summed E-state index contributed by atoms with van der Waals surface area (Å²) < 4.78 is 21.6. The number of alkyl halides is 1. The predicted molar refractivity (Wildman–Crippen MR) is 64.9 cm³/mol. The van der Waals surface area contributed by atoms with E-state index in [9.17, 15) is 13.5 Å². The van der Waals surface area contributed by atoms with Gasteiger partial charge < -0.3 is 10.8 Å². The molecule has 90 valence electrons. The van der Waals surface area contributed by atoms with Gasteiger partial charge in [-0.15, -0.1) is 11.6 Å². The van der Waals surface area contributed by atoms with Crippen molar-refractivity contribution in [3.8, 4) is 0 Å². The Morgan fingerprint density at radius 2 is 2.12 bits per heavy atom. The van der Waals surface area contributed by atoms with Crippen LogP contribution in [-0.2, 0) is 9.84 Å². The number of sulfone groups is 1. The van der Waals surface area contributed by atoms with Crippen molar-refractivity contribution in [3.05, 3.63) is 29.8 Å². The van der Waals surface area contributed by atoms with Crippen LogP contribution in [0.3, 0.4) is 0 Å². The third kappa shape index (κ3) is 2.87. The number of hydrogen-bond donors (Lipinski definition) is 2. The fourth-order valence-corrected chi connectivity index (χ4v) is 2.64. The maximum absolute atomic E-state index is 11.5. The van der Waals surface area contributed by atoms with E-state index < -0.39 is 20.7 Å². The molecule has 0 fully saturated rings. The van der Waals surface area contributed by atoms with Crippen molar-refractivity contribution in [2.45, 2.75) is 17.7 Å². The Morgan fingerprint density at radius 1 is 1.50 bits per heavy atom. The Morgan fingerprint density at radius 3 is 2.62 bits per heavy atom. The zero-order valence-electron chi connectivity index (χ0n) is 8.80. The van der Waals surface area contributed by atoms with Crippen LogP contribution in [-0.4, -0.2) is 24.0 Å². The van der Waals surface area contributed by atoms with Gasteiger partial charge in [-0.25, -0.2) is 8.42 Å². The summed E-state index contributed by atoms with van der Waals surface area (Å²) in [4.78, 5) is 0. The predicted octanol–water partition coefficient (Wildman–Crippen LogP) is 1.30. The molecule has 1 aromatic carbocycles. The lowest BCUT2D eigenvalue weighted by atomic mass is 10.1. The molecule has 0 saturated heterocycles. The van der Waals surface area contributed by atoms with E-state index in [0.29, 0.717) is 11.3 Å². The van der Waals surface area contributed by atoms with Gasteiger partial charge in [-0.05, 0) is 17.7 Å². The molecule has 0 aliphatic carbocycles. The molecule has 1 aromatic rings. The lowest BCUT2D eigenvalue weighted by molar-refractivity contribution is 0.192. The van der Waals surface area contributed by atoms with Crippen molar-refractivity contribution in [1.29, 1.82) is 0 Å². The molecule has 4 nitrogen and oxygen atoms in total. The minimum absolute atomic E-state index is 0.111. The first-order valence-electron chi connectivity index (χ1n) is 4.77. The first kappa shape index (κ1) is 13.3. The van der Waals surface area contributed by atoms with Crippen molar-refractivity contribution in [2.24, 2.45) is 0 Å². The normalized spacial score (nSPS) is 15.7. The van der Waals surface area contributed by atoms with Crippen LogP contribution >= 0.6 is 11.6 Å². The highest BCUT2D eigenvalue weighted by Gasteiger charge is 2.29. The maximum Gasteiger partial charge on any atom is 0.169 e. The second kappa shape index (κ2) is 5.03. The summed E-state index contributed by atoms with van der Waals surface area (Å²) in [6, 6.07) is 6.37. The van der Waals surface area contributed by atoms with E-state index in [1.54, 1.807) is 18.2 Å². The van der Waals surface area contributed by atoms with Crippen LogP contribution in [0.25, 0.3) is 0 Å². The molecule has 16 heavy (non-hydrogen) atoms. The highest BCUT2D eigenvalue weighted by molar-refractivity contribution is 7.93. The summed E-state index contributed by atoms with van der Waals surface area (Å²) >= 11 is 5.73. The summed E-state index contributed by atoms with van der Waals surface area (Å²) in [6.07, 6.45) is -1.27. The van der Waals surface area contributed by atoms with Crippen molar-refractivity contribution in [1.82, 2.24) is 0 Å². The lowest BCUT2D eigenvalue weighted by Crippen LogP contribution is -2.24. The summed E-state index contributed by atoms with van der Waals surface area (Å²) in [6.45, 7) is 1.48. The number of benzene rings is 1. The van der Waals surface area contributed by atoms with Crippen LogP contribution < -0.4 is 5.73 Å². The van der Waals surface area contributed by atoms with Gasteiger partial charge in [0.05, 0.1) is 0 Å². The molecule has 0 amide bonds. The van der Waals surface area contributed by atoms with Crippen LogP contribution in [0.4, 0.5) is 5.69 Å². The van der Waals surface area contributed by atoms with E-state index in [2.05, 4.69) is 0 Å². The Balaban J connectivity index is 2.99. The molecular weight excluding hydrogens is 250 g/mol. The molecule has 0 aliphatic rings. The third-order valence-corrected chi connectivity index (χ3v) is 5.05. The SMILES string of the molecule is CCS(=O)(=O)[C@H](Cl)[C@@H](O)c1cccc(N)c1. The van der Waals surface area contributed by atoms with Crippen LogP contribution in [0, 0.1) is 0 Å². The van der Waals surface area contributed by atoms with Crippen LogP contribution in [0.15, 0.2) is 24.3 Å². The zero-order chi connectivity index (χ0) is 12.3. The molecule has 0 bridgehead atoms. The molecular formula is C10H14ClNO3S. The average molecular weight is 264 g/mol. The van der Waals surface area contributed by atoms with Crippen LogP contribution in [0.5, 0.6) is 0 Å². The van der Waals surface area contributed by atoms with E-state index >= 15 is 0 Å². The number of hydrogen-bond acceptors (Lipinski definition) is 4. The van der Waals surface area contributed by atoms with E-state index in [-0.39, 0.29) is 5.75 Å². The first-order valence-corrected chi connectivity index (χ1v) is 6.93. The Hall–Kier alpha value is -0.780. The molecule has 0 aliphatic heterocycles. The minimum atomic E-state index is -3.48. The lowest BCUT2D eigenvalue weighted by Gasteiger charge is -2.17. The van der Waals surface area contributed by atoms with E-state index in [1.165, 1.54) is 13.0 Å². The molecule has 6 heteroatoms. The van der Waals surface area contributed by atoms with Crippen LogP contribution in [0.1, 0.15) is 18.6 Å². The molecule has 3 N–H and O–H groups in total. The van der Waals surface area contributed by atoms with E-state index in [0.717, 1.165) is 0 Å². The van der Waals surface area contributed by atoms with Crippen molar-refractivity contribution >= 4 is 27.1 Å². The smallest absolute Gasteiger partial charge is 0.169 e. The number of anilines is 1. The quantitative estimate of drug-likeness (QED) is 0.634. The summed E-state index contributed by atoms with van der Waals surface area (Å²) in [5.74, 6) is -0.111. The molecule has 0 spiro atoms. The fourth-order valence-electron chi connectivity index (χ4n) is 1.25. The molecule has 0 saturated carbocycles. The van der Waals surface area contributed by atoms with Gasteiger partial charge in [0.15, 0.2) is 14.5 Å². The van der Waals surface area contributed by atoms with Gasteiger partial charge in [0.1, 0.15) is 6.10 Å². The van der Waals surface area contributed by atoms with E-state index in [1.807, 2.05) is 0 Å².